The predicted molar refractivity (Wildman–Crippen MR) is 114 cm³/mol. The molecule has 0 atom stereocenters. The van der Waals surface area contributed by atoms with Crippen molar-refractivity contribution in [3.63, 3.8) is 0 Å². The van der Waals surface area contributed by atoms with E-state index >= 15 is 0 Å². The van der Waals surface area contributed by atoms with Gasteiger partial charge in [0.1, 0.15) is 17.6 Å². The topological polar surface area (TPSA) is 79.6 Å². The molecule has 0 saturated heterocycles. The minimum Gasteiger partial charge on any atom is -0.468 e. The summed E-state index contributed by atoms with van der Waals surface area (Å²) in [5, 5.41) is 9.21. The van der Waals surface area contributed by atoms with Gasteiger partial charge in [0.25, 0.3) is 0 Å². The lowest BCUT2D eigenvalue weighted by Gasteiger charge is -2.34. The Kier molecular flexibility index (Phi) is 7.60. The first-order valence-electron chi connectivity index (χ1n) is 9.79. The van der Waals surface area contributed by atoms with Gasteiger partial charge in [-0.1, -0.05) is 60.7 Å². The Morgan fingerprint density at radius 3 is 1.87 bits per heavy atom. The summed E-state index contributed by atoms with van der Waals surface area (Å²) < 4.78 is 10.7. The van der Waals surface area contributed by atoms with Crippen molar-refractivity contribution in [2.45, 2.75) is 38.2 Å². The fraction of sp³-hybridized carbons (Fsp3) is 0.375. The molecule has 0 bridgehead atoms. The number of amides is 1. The van der Waals surface area contributed by atoms with E-state index in [0.29, 0.717) is 0 Å². The van der Waals surface area contributed by atoms with Gasteiger partial charge in [0, 0.05) is 6.54 Å². The standard InChI is InChI=1S/C24H28N2O4/c1-23(2,3)30-22(28)26(18-16-25)17-15-24(21(27)29-4,19-11-7-5-8-12-19)20-13-9-6-10-14-20/h5-14H,15,17-18H2,1-4H3. The average molecular weight is 408 g/mol. The molecule has 2 aromatic carbocycles. The number of hydrogen-bond donors (Lipinski definition) is 0. The fourth-order valence-electron chi connectivity index (χ4n) is 3.36. The fourth-order valence-corrected chi connectivity index (χ4v) is 3.36. The predicted octanol–water partition coefficient (Wildman–Crippen LogP) is 4.30. The molecule has 0 aliphatic carbocycles. The van der Waals surface area contributed by atoms with E-state index in [-0.39, 0.29) is 19.5 Å². The van der Waals surface area contributed by atoms with Crippen molar-refractivity contribution in [3.8, 4) is 6.07 Å². The van der Waals surface area contributed by atoms with Crippen LogP contribution in [-0.4, -0.2) is 42.8 Å². The first-order chi connectivity index (χ1) is 14.2. The van der Waals surface area contributed by atoms with Gasteiger partial charge in [-0.2, -0.15) is 5.26 Å². The number of benzene rings is 2. The van der Waals surface area contributed by atoms with Crippen LogP contribution in [0, 0.1) is 11.3 Å². The molecule has 2 rings (SSSR count). The number of hydrogen-bond acceptors (Lipinski definition) is 5. The van der Waals surface area contributed by atoms with Gasteiger partial charge >= 0.3 is 12.1 Å². The van der Waals surface area contributed by atoms with Crippen molar-refractivity contribution in [3.05, 3.63) is 71.8 Å². The lowest BCUT2D eigenvalue weighted by atomic mass is 9.72. The second-order valence-electron chi connectivity index (χ2n) is 7.94. The van der Waals surface area contributed by atoms with Crippen molar-refractivity contribution >= 4 is 12.1 Å². The highest BCUT2D eigenvalue weighted by molar-refractivity contribution is 5.87. The second-order valence-corrected chi connectivity index (χ2v) is 7.94. The third kappa shape index (κ3) is 5.38. The molecule has 0 N–H and O–H groups in total. The van der Waals surface area contributed by atoms with Crippen LogP contribution in [0.3, 0.4) is 0 Å². The molecule has 2 aromatic rings. The summed E-state index contributed by atoms with van der Waals surface area (Å²) >= 11 is 0. The minimum absolute atomic E-state index is 0.140. The summed E-state index contributed by atoms with van der Waals surface area (Å²) in [6.45, 7) is 5.30. The smallest absolute Gasteiger partial charge is 0.411 e. The van der Waals surface area contributed by atoms with Crippen molar-refractivity contribution in [1.29, 1.82) is 5.26 Å². The Bertz CT molecular complexity index is 843. The van der Waals surface area contributed by atoms with Crippen LogP contribution >= 0.6 is 0 Å². The Morgan fingerprint density at radius 2 is 1.47 bits per heavy atom. The largest absolute Gasteiger partial charge is 0.468 e. The number of esters is 1. The van der Waals surface area contributed by atoms with E-state index in [2.05, 4.69) is 0 Å². The van der Waals surface area contributed by atoms with Crippen LogP contribution in [0.4, 0.5) is 4.79 Å². The monoisotopic (exact) mass is 408 g/mol. The summed E-state index contributed by atoms with van der Waals surface area (Å²) in [5.41, 5.74) is -0.316. The molecule has 0 aliphatic rings. The van der Waals surface area contributed by atoms with Crippen molar-refractivity contribution in [1.82, 2.24) is 4.90 Å². The van der Waals surface area contributed by atoms with Crippen LogP contribution in [-0.2, 0) is 19.7 Å². The van der Waals surface area contributed by atoms with Crippen LogP contribution in [0.5, 0.6) is 0 Å². The van der Waals surface area contributed by atoms with Crippen LogP contribution in [0.1, 0.15) is 38.3 Å². The molecule has 1 amide bonds. The van der Waals surface area contributed by atoms with E-state index in [1.54, 1.807) is 20.8 Å². The van der Waals surface area contributed by atoms with Crippen molar-refractivity contribution in [2.24, 2.45) is 0 Å². The first-order valence-corrected chi connectivity index (χ1v) is 9.79. The zero-order valence-electron chi connectivity index (χ0n) is 17.9. The Hall–Kier alpha value is -3.33. The molecule has 0 heterocycles. The van der Waals surface area contributed by atoms with Gasteiger partial charge in [-0.3, -0.25) is 9.69 Å². The van der Waals surface area contributed by atoms with E-state index in [1.807, 2.05) is 66.7 Å². The molecular formula is C24H28N2O4. The Balaban J connectivity index is 2.48. The number of carbonyl (C=O) groups excluding carboxylic acids is 2. The van der Waals surface area contributed by atoms with E-state index in [0.717, 1.165) is 11.1 Å². The van der Waals surface area contributed by atoms with Gasteiger partial charge < -0.3 is 9.47 Å². The maximum Gasteiger partial charge on any atom is 0.411 e. The Labute approximate surface area is 178 Å². The number of nitrogens with zero attached hydrogens (tertiary/aromatic N) is 2. The van der Waals surface area contributed by atoms with Crippen LogP contribution in [0.25, 0.3) is 0 Å². The molecule has 0 radical (unpaired) electrons. The summed E-state index contributed by atoms with van der Waals surface area (Å²) in [7, 11) is 1.35. The molecule has 0 spiro atoms. The molecule has 6 heteroatoms. The zero-order valence-corrected chi connectivity index (χ0v) is 17.9. The summed E-state index contributed by atoms with van der Waals surface area (Å²) in [4.78, 5) is 27.1. The van der Waals surface area contributed by atoms with Crippen molar-refractivity contribution in [2.75, 3.05) is 20.2 Å². The highest BCUT2D eigenvalue weighted by Crippen LogP contribution is 2.37. The van der Waals surface area contributed by atoms with Gasteiger partial charge in [0.15, 0.2) is 0 Å². The lowest BCUT2D eigenvalue weighted by Crippen LogP contribution is -2.44. The van der Waals surface area contributed by atoms with E-state index in [1.165, 1.54) is 12.0 Å². The molecule has 158 valence electrons. The maximum absolute atomic E-state index is 13.2. The first kappa shape index (κ1) is 23.0. The van der Waals surface area contributed by atoms with Gasteiger partial charge in [-0.05, 0) is 38.3 Å². The second kappa shape index (κ2) is 9.93. The van der Waals surface area contributed by atoms with Gasteiger partial charge in [0.05, 0.1) is 13.2 Å². The summed E-state index contributed by atoms with van der Waals surface area (Å²) in [5.74, 6) is -0.430. The number of rotatable bonds is 7. The third-order valence-corrected chi connectivity index (χ3v) is 4.74. The molecule has 6 nitrogen and oxygen atoms in total. The van der Waals surface area contributed by atoms with Crippen LogP contribution in [0.2, 0.25) is 0 Å². The average Bonchev–Trinajstić information content (AvgIpc) is 2.73. The lowest BCUT2D eigenvalue weighted by molar-refractivity contribution is -0.146. The number of ether oxygens (including phenoxy) is 2. The minimum atomic E-state index is -1.13. The van der Waals surface area contributed by atoms with Crippen molar-refractivity contribution < 1.29 is 19.1 Å². The molecule has 0 aliphatic heterocycles. The highest BCUT2D eigenvalue weighted by Gasteiger charge is 2.43. The van der Waals surface area contributed by atoms with E-state index in [9.17, 15) is 14.9 Å². The third-order valence-electron chi connectivity index (χ3n) is 4.74. The molecule has 0 aromatic heterocycles. The molecular weight excluding hydrogens is 380 g/mol. The van der Waals surface area contributed by atoms with Crippen LogP contribution in [0.15, 0.2) is 60.7 Å². The van der Waals surface area contributed by atoms with Gasteiger partial charge in [-0.15, -0.1) is 0 Å². The number of nitriles is 1. The highest BCUT2D eigenvalue weighted by atomic mass is 16.6. The number of carbonyl (C=O) groups is 2. The number of methoxy groups -OCH3 is 1. The SMILES string of the molecule is COC(=O)C(CCN(CC#N)C(=O)OC(C)(C)C)(c1ccccc1)c1ccccc1. The van der Waals surface area contributed by atoms with E-state index in [4.69, 9.17) is 9.47 Å². The molecule has 0 saturated carbocycles. The maximum atomic E-state index is 13.2. The van der Waals surface area contributed by atoms with E-state index < -0.39 is 23.1 Å². The van der Waals surface area contributed by atoms with Gasteiger partial charge in [0.2, 0.25) is 0 Å². The summed E-state index contributed by atoms with van der Waals surface area (Å²) in [6.07, 6.45) is -0.363. The molecule has 0 unspecified atom stereocenters. The Morgan fingerprint density at radius 1 is 0.967 bits per heavy atom. The van der Waals surface area contributed by atoms with Crippen LogP contribution < -0.4 is 0 Å². The summed E-state index contributed by atoms with van der Waals surface area (Å²) in [6, 6.07) is 20.7. The van der Waals surface area contributed by atoms with Gasteiger partial charge in [-0.25, -0.2) is 4.79 Å². The normalized spacial score (nSPS) is 11.3. The quantitative estimate of drug-likeness (QED) is 0.504. The molecule has 0 fully saturated rings. The molecule has 30 heavy (non-hydrogen) atoms. The zero-order chi connectivity index (χ0) is 22.2.